The Balaban J connectivity index is 1.84. The zero-order valence-corrected chi connectivity index (χ0v) is 16.2. The summed E-state index contributed by atoms with van der Waals surface area (Å²) >= 11 is 7.86. The highest BCUT2D eigenvalue weighted by atomic mass is 35.5. The number of unbranched alkanes of at least 4 members (excludes halogenated alkanes) is 1. The molecule has 2 aliphatic carbocycles. The molecule has 25 heavy (non-hydrogen) atoms. The normalized spacial score (nSPS) is 31.3. The van der Waals surface area contributed by atoms with Crippen LogP contribution in [-0.4, -0.2) is 49.9 Å². The van der Waals surface area contributed by atoms with E-state index < -0.39 is 17.7 Å². The summed E-state index contributed by atoms with van der Waals surface area (Å²) in [5.41, 5.74) is -0.889. The smallest absolute Gasteiger partial charge is 0.313 e. The van der Waals surface area contributed by atoms with E-state index >= 15 is 0 Å². The zero-order chi connectivity index (χ0) is 18.3. The van der Waals surface area contributed by atoms with E-state index in [-0.39, 0.29) is 23.0 Å². The molecule has 0 radical (unpaired) electrons. The summed E-state index contributed by atoms with van der Waals surface area (Å²) in [6.45, 7) is 0. The number of alkyl halides is 1. The quantitative estimate of drug-likeness (QED) is 0.354. The highest BCUT2D eigenvalue weighted by Crippen LogP contribution is 2.39. The number of rotatable bonds is 7. The molecule has 2 saturated carbocycles. The zero-order valence-electron chi connectivity index (χ0n) is 14.6. The fraction of sp³-hybridized carbons (Fsp3) is 0.842. The van der Waals surface area contributed by atoms with Gasteiger partial charge in [-0.25, -0.2) is 0 Å². The van der Waals surface area contributed by atoms with Gasteiger partial charge in [0.15, 0.2) is 0 Å². The fourth-order valence-electron chi connectivity index (χ4n) is 3.85. The molecule has 142 valence electrons. The number of carbonyl (C=O) groups is 1. The Kier molecular flexibility index (Phi) is 8.41. The standard InChI is InChI=1S/C19H29ClO4S/c20-16-12-17(21)15(7-10-19(24)8-3-1-4-9-19)14(16)6-2-5-11-25-13-18(22)23/h14-17,21,24H,1-6,8-9,11-13H2,(H,22,23)/t14-,15-,16-,17-/m1/s1. The van der Waals surface area contributed by atoms with E-state index in [0.717, 1.165) is 57.1 Å². The number of aliphatic hydroxyl groups excluding tert-OH is 1. The van der Waals surface area contributed by atoms with Gasteiger partial charge in [-0.1, -0.05) is 24.7 Å². The van der Waals surface area contributed by atoms with E-state index in [2.05, 4.69) is 11.8 Å². The van der Waals surface area contributed by atoms with Crippen LogP contribution in [0.4, 0.5) is 0 Å². The maximum atomic E-state index is 10.5. The van der Waals surface area contributed by atoms with Crippen LogP contribution < -0.4 is 0 Å². The molecule has 0 aromatic heterocycles. The van der Waals surface area contributed by atoms with Gasteiger partial charge in [-0.15, -0.1) is 11.6 Å². The second kappa shape index (κ2) is 10.1. The van der Waals surface area contributed by atoms with Crippen LogP contribution in [0, 0.1) is 23.7 Å². The molecule has 2 rings (SSSR count). The molecule has 0 unspecified atom stereocenters. The summed E-state index contributed by atoms with van der Waals surface area (Å²) in [6.07, 6.45) is 7.43. The van der Waals surface area contributed by atoms with Crippen molar-refractivity contribution in [1.29, 1.82) is 0 Å². The third kappa shape index (κ3) is 6.67. The first-order chi connectivity index (χ1) is 11.9. The van der Waals surface area contributed by atoms with Gasteiger partial charge in [0.05, 0.1) is 17.8 Å². The number of halogens is 1. The molecule has 0 spiro atoms. The first kappa shape index (κ1) is 20.9. The summed E-state index contributed by atoms with van der Waals surface area (Å²) in [5.74, 6) is 6.40. The lowest BCUT2D eigenvalue weighted by Crippen LogP contribution is -2.30. The number of carboxylic acid groups (broad SMARTS) is 1. The van der Waals surface area contributed by atoms with Gasteiger partial charge in [0.1, 0.15) is 5.60 Å². The van der Waals surface area contributed by atoms with Crippen molar-refractivity contribution in [2.24, 2.45) is 11.8 Å². The summed E-state index contributed by atoms with van der Waals surface area (Å²) in [5, 5.41) is 29.4. The number of aliphatic carboxylic acids is 1. The van der Waals surface area contributed by atoms with Gasteiger partial charge in [0.25, 0.3) is 0 Å². The van der Waals surface area contributed by atoms with Gasteiger partial charge in [0, 0.05) is 5.38 Å². The molecule has 4 atom stereocenters. The number of hydrogen-bond acceptors (Lipinski definition) is 4. The Morgan fingerprint density at radius 3 is 2.64 bits per heavy atom. The average molecular weight is 389 g/mol. The Morgan fingerprint density at radius 1 is 1.24 bits per heavy atom. The summed E-state index contributed by atoms with van der Waals surface area (Å²) < 4.78 is 0. The lowest BCUT2D eigenvalue weighted by Gasteiger charge is -2.27. The van der Waals surface area contributed by atoms with Crippen LogP contribution in [0.2, 0.25) is 0 Å². The molecule has 2 fully saturated rings. The molecule has 0 aromatic carbocycles. The van der Waals surface area contributed by atoms with Gasteiger partial charge in [-0.05, 0) is 56.6 Å². The Morgan fingerprint density at radius 2 is 1.96 bits per heavy atom. The van der Waals surface area contributed by atoms with Gasteiger partial charge in [-0.2, -0.15) is 11.8 Å². The molecular formula is C19H29ClO4S. The summed E-state index contributed by atoms with van der Waals surface area (Å²) in [4.78, 5) is 10.5. The van der Waals surface area contributed by atoms with Crippen molar-refractivity contribution in [1.82, 2.24) is 0 Å². The molecule has 3 N–H and O–H groups in total. The predicted molar refractivity (Wildman–Crippen MR) is 102 cm³/mol. The number of thioether (sulfide) groups is 1. The van der Waals surface area contributed by atoms with Crippen molar-refractivity contribution in [2.45, 2.75) is 74.9 Å². The van der Waals surface area contributed by atoms with Crippen LogP contribution in [0.3, 0.4) is 0 Å². The lowest BCUT2D eigenvalue weighted by atomic mass is 9.84. The highest BCUT2D eigenvalue weighted by molar-refractivity contribution is 7.99. The van der Waals surface area contributed by atoms with Crippen LogP contribution in [0.5, 0.6) is 0 Å². The van der Waals surface area contributed by atoms with Crippen molar-refractivity contribution in [2.75, 3.05) is 11.5 Å². The second-order valence-corrected chi connectivity index (χ2v) is 8.98. The third-order valence-electron chi connectivity index (χ3n) is 5.26. The molecule has 0 aliphatic heterocycles. The maximum Gasteiger partial charge on any atom is 0.313 e. The van der Waals surface area contributed by atoms with Crippen molar-refractivity contribution in [3.05, 3.63) is 0 Å². The molecule has 6 heteroatoms. The second-order valence-electron chi connectivity index (χ2n) is 7.31. The van der Waals surface area contributed by atoms with Crippen LogP contribution in [0.1, 0.15) is 57.8 Å². The van der Waals surface area contributed by atoms with Crippen molar-refractivity contribution >= 4 is 29.3 Å². The first-order valence-electron chi connectivity index (χ1n) is 9.28. The van der Waals surface area contributed by atoms with E-state index in [1.807, 2.05) is 0 Å². The molecule has 0 bridgehead atoms. The maximum absolute atomic E-state index is 10.5. The predicted octanol–water partition coefficient (Wildman–Crippen LogP) is 3.28. The van der Waals surface area contributed by atoms with Crippen LogP contribution in [0.25, 0.3) is 0 Å². The van der Waals surface area contributed by atoms with E-state index in [1.54, 1.807) is 0 Å². The Labute approximate surface area is 159 Å². The van der Waals surface area contributed by atoms with E-state index in [0.29, 0.717) is 6.42 Å². The molecule has 2 aliphatic rings. The number of aliphatic hydroxyl groups is 2. The summed E-state index contributed by atoms with van der Waals surface area (Å²) in [6, 6.07) is 0. The van der Waals surface area contributed by atoms with Crippen molar-refractivity contribution in [3.63, 3.8) is 0 Å². The van der Waals surface area contributed by atoms with Crippen LogP contribution in [-0.2, 0) is 4.79 Å². The molecule has 0 amide bonds. The molecule has 0 aromatic rings. The van der Waals surface area contributed by atoms with Crippen LogP contribution in [0.15, 0.2) is 0 Å². The number of hydrogen-bond donors (Lipinski definition) is 3. The van der Waals surface area contributed by atoms with E-state index in [9.17, 15) is 15.0 Å². The van der Waals surface area contributed by atoms with Gasteiger partial charge in [-0.3, -0.25) is 4.79 Å². The fourth-order valence-corrected chi connectivity index (χ4v) is 5.04. The minimum absolute atomic E-state index is 0.0815. The van der Waals surface area contributed by atoms with E-state index in [4.69, 9.17) is 16.7 Å². The molecule has 0 heterocycles. The van der Waals surface area contributed by atoms with Gasteiger partial charge < -0.3 is 15.3 Å². The highest BCUT2D eigenvalue weighted by Gasteiger charge is 2.40. The third-order valence-corrected chi connectivity index (χ3v) is 6.79. The Bertz CT molecular complexity index is 495. The monoisotopic (exact) mass is 388 g/mol. The van der Waals surface area contributed by atoms with Crippen LogP contribution >= 0.6 is 23.4 Å². The molecular weight excluding hydrogens is 360 g/mol. The van der Waals surface area contributed by atoms with Gasteiger partial charge >= 0.3 is 5.97 Å². The van der Waals surface area contributed by atoms with E-state index in [1.165, 1.54) is 11.8 Å². The van der Waals surface area contributed by atoms with Gasteiger partial charge in [0.2, 0.25) is 0 Å². The SMILES string of the molecule is O=C(O)CSCCCC[C@@H]1[C@@H](C#CC2(O)CCCCC2)[C@H](O)C[C@H]1Cl. The lowest BCUT2D eigenvalue weighted by molar-refractivity contribution is -0.133. The minimum atomic E-state index is -0.889. The number of carboxylic acids is 1. The first-order valence-corrected chi connectivity index (χ1v) is 10.9. The summed E-state index contributed by atoms with van der Waals surface area (Å²) in [7, 11) is 0. The Hall–Kier alpha value is -0.410. The topological polar surface area (TPSA) is 77.8 Å². The van der Waals surface area contributed by atoms with Crippen molar-refractivity contribution < 1.29 is 20.1 Å². The van der Waals surface area contributed by atoms with Crippen molar-refractivity contribution in [3.8, 4) is 11.8 Å². The molecule has 4 nitrogen and oxygen atoms in total. The average Bonchev–Trinajstić information content (AvgIpc) is 2.82. The largest absolute Gasteiger partial charge is 0.481 e. The minimum Gasteiger partial charge on any atom is -0.481 e. The molecule has 0 saturated heterocycles.